The van der Waals surface area contributed by atoms with E-state index in [-0.39, 0.29) is 17.4 Å². The Labute approximate surface area is 154 Å². The minimum Gasteiger partial charge on any atom is -0.491 e. The maximum Gasteiger partial charge on any atom is 0.416 e. The number of hydrogen-bond donors (Lipinski definition) is 1. The fourth-order valence-corrected chi connectivity index (χ4v) is 2.10. The molecule has 0 unspecified atom stereocenters. The van der Waals surface area contributed by atoms with Gasteiger partial charge in [0.2, 0.25) is 0 Å². The van der Waals surface area contributed by atoms with Crippen LogP contribution in [0.3, 0.4) is 0 Å². The van der Waals surface area contributed by atoms with Gasteiger partial charge in [-0.25, -0.2) is 4.79 Å². The summed E-state index contributed by atoms with van der Waals surface area (Å²) in [6.45, 7) is 3.18. The Bertz CT molecular complexity index is 784. The van der Waals surface area contributed by atoms with E-state index in [0.29, 0.717) is 5.75 Å². The first kappa shape index (κ1) is 20.3. The first-order valence-corrected chi connectivity index (χ1v) is 8.06. The highest BCUT2D eigenvalue weighted by Gasteiger charge is 2.30. The Morgan fingerprint density at radius 2 is 1.59 bits per heavy atom. The molecule has 0 aromatic heterocycles. The average molecular weight is 381 g/mol. The summed E-state index contributed by atoms with van der Waals surface area (Å²) in [5.74, 6) is -0.766. The molecule has 8 heteroatoms. The summed E-state index contributed by atoms with van der Waals surface area (Å²) >= 11 is 0. The zero-order valence-electron chi connectivity index (χ0n) is 14.7. The lowest BCUT2D eigenvalue weighted by molar-refractivity contribution is -0.137. The lowest BCUT2D eigenvalue weighted by Crippen LogP contribution is -2.21. The van der Waals surface area contributed by atoms with E-state index in [1.807, 2.05) is 13.8 Å². The Hall–Kier alpha value is -3.03. The smallest absolute Gasteiger partial charge is 0.416 e. The summed E-state index contributed by atoms with van der Waals surface area (Å²) in [6.07, 6.45) is -4.45. The van der Waals surface area contributed by atoms with Gasteiger partial charge in [0.15, 0.2) is 6.61 Å². The van der Waals surface area contributed by atoms with Crippen molar-refractivity contribution in [3.05, 3.63) is 59.7 Å². The normalized spacial score (nSPS) is 11.2. The van der Waals surface area contributed by atoms with Crippen molar-refractivity contribution in [3.63, 3.8) is 0 Å². The molecule has 0 saturated heterocycles. The second kappa shape index (κ2) is 8.57. The summed E-state index contributed by atoms with van der Waals surface area (Å²) < 4.78 is 47.8. The van der Waals surface area contributed by atoms with Crippen molar-refractivity contribution in [2.24, 2.45) is 0 Å². The summed E-state index contributed by atoms with van der Waals surface area (Å²) in [6, 6.07) is 10.2. The van der Waals surface area contributed by atoms with Gasteiger partial charge in [-0.05, 0) is 62.4 Å². The molecule has 27 heavy (non-hydrogen) atoms. The predicted octanol–water partition coefficient (Wildman–Crippen LogP) is 4.29. The summed E-state index contributed by atoms with van der Waals surface area (Å²) in [5, 5.41) is 2.35. The van der Waals surface area contributed by atoms with Crippen LogP contribution in [0, 0.1) is 0 Å². The number of carbonyl (C=O) groups is 2. The third-order valence-electron chi connectivity index (χ3n) is 3.29. The number of hydrogen-bond acceptors (Lipinski definition) is 4. The van der Waals surface area contributed by atoms with E-state index in [2.05, 4.69) is 5.32 Å². The van der Waals surface area contributed by atoms with E-state index in [9.17, 15) is 22.8 Å². The molecule has 0 aliphatic carbocycles. The van der Waals surface area contributed by atoms with Gasteiger partial charge in [-0.3, -0.25) is 4.79 Å². The van der Waals surface area contributed by atoms with Gasteiger partial charge in [0.05, 0.1) is 17.2 Å². The standard InChI is InChI=1S/C19H18F3NO4/c1-12(2)27-16-9-3-13(4-10-16)18(25)26-11-17(24)23-15-7-5-14(6-8-15)19(20,21)22/h3-10,12H,11H2,1-2H3,(H,23,24). The quantitative estimate of drug-likeness (QED) is 0.759. The molecule has 144 valence electrons. The van der Waals surface area contributed by atoms with Crippen molar-refractivity contribution in [1.82, 2.24) is 0 Å². The van der Waals surface area contributed by atoms with Crippen LogP contribution in [-0.2, 0) is 15.7 Å². The summed E-state index contributed by atoms with van der Waals surface area (Å²) in [4.78, 5) is 23.7. The van der Waals surface area contributed by atoms with Crippen LogP contribution in [0.25, 0.3) is 0 Å². The van der Waals surface area contributed by atoms with Crippen LogP contribution < -0.4 is 10.1 Å². The molecule has 1 N–H and O–H groups in total. The molecule has 0 bridgehead atoms. The summed E-state index contributed by atoms with van der Waals surface area (Å²) in [7, 11) is 0. The van der Waals surface area contributed by atoms with Gasteiger partial charge in [0.25, 0.3) is 5.91 Å². The Balaban J connectivity index is 1.85. The highest BCUT2D eigenvalue weighted by atomic mass is 19.4. The van der Waals surface area contributed by atoms with Crippen molar-refractivity contribution in [2.45, 2.75) is 26.1 Å². The number of benzene rings is 2. The number of anilines is 1. The monoisotopic (exact) mass is 381 g/mol. The Morgan fingerprint density at radius 1 is 1.00 bits per heavy atom. The number of carbonyl (C=O) groups excluding carboxylic acids is 2. The van der Waals surface area contributed by atoms with E-state index in [4.69, 9.17) is 9.47 Å². The predicted molar refractivity (Wildman–Crippen MR) is 92.6 cm³/mol. The molecule has 0 aliphatic rings. The van der Waals surface area contributed by atoms with E-state index < -0.39 is 30.2 Å². The SMILES string of the molecule is CC(C)Oc1ccc(C(=O)OCC(=O)Nc2ccc(C(F)(F)F)cc2)cc1. The largest absolute Gasteiger partial charge is 0.491 e. The molecular weight excluding hydrogens is 363 g/mol. The molecule has 0 aliphatic heterocycles. The topological polar surface area (TPSA) is 64.6 Å². The van der Waals surface area contributed by atoms with Gasteiger partial charge in [-0.1, -0.05) is 0 Å². The molecule has 0 spiro atoms. The average Bonchev–Trinajstić information content (AvgIpc) is 2.59. The Morgan fingerprint density at radius 3 is 2.11 bits per heavy atom. The fourth-order valence-electron chi connectivity index (χ4n) is 2.10. The van der Waals surface area contributed by atoms with E-state index in [1.165, 1.54) is 12.1 Å². The van der Waals surface area contributed by atoms with Gasteiger partial charge in [-0.2, -0.15) is 13.2 Å². The number of halogens is 3. The second-order valence-electron chi connectivity index (χ2n) is 5.89. The zero-order valence-corrected chi connectivity index (χ0v) is 14.7. The van der Waals surface area contributed by atoms with E-state index >= 15 is 0 Å². The van der Waals surface area contributed by atoms with Crippen molar-refractivity contribution < 1.29 is 32.2 Å². The number of ether oxygens (including phenoxy) is 2. The van der Waals surface area contributed by atoms with Crippen LogP contribution in [0.1, 0.15) is 29.8 Å². The first-order valence-electron chi connectivity index (χ1n) is 8.06. The van der Waals surface area contributed by atoms with Crippen LogP contribution in [0.15, 0.2) is 48.5 Å². The first-order chi connectivity index (χ1) is 12.6. The molecule has 5 nitrogen and oxygen atoms in total. The fraction of sp³-hybridized carbons (Fsp3) is 0.263. The Kier molecular flexibility index (Phi) is 6.44. The van der Waals surface area contributed by atoms with Crippen LogP contribution >= 0.6 is 0 Å². The molecule has 0 radical (unpaired) electrons. The maximum absolute atomic E-state index is 12.5. The van der Waals surface area contributed by atoms with Crippen molar-refractivity contribution >= 4 is 17.6 Å². The van der Waals surface area contributed by atoms with Gasteiger partial charge >= 0.3 is 12.1 Å². The molecule has 2 rings (SSSR count). The van der Waals surface area contributed by atoms with Crippen LogP contribution in [0.4, 0.5) is 18.9 Å². The van der Waals surface area contributed by atoms with Crippen molar-refractivity contribution in [2.75, 3.05) is 11.9 Å². The zero-order chi connectivity index (χ0) is 20.0. The van der Waals surface area contributed by atoms with Crippen LogP contribution in [0.5, 0.6) is 5.75 Å². The molecule has 1 amide bonds. The maximum atomic E-state index is 12.5. The molecule has 2 aromatic rings. The lowest BCUT2D eigenvalue weighted by atomic mass is 10.2. The van der Waals surface area contributed by atoms with Gasteiger partial charge in [0, 0.05) is 5.69 Å². The van der Waals surface area contributed by atoms with E-state index in [1.54, 1.807) is 12.1 Å². The highest BCUT2D eigenvalue weighted by Crippen LogP contribution is 2.29. The highest BCUT2D eigenvalue weighted by molar-refractivity contribution is 5.95. The van der Waals surface area contributed by atoms with Crippen LogP contribution in [-0.4, -0.2) is 24.6 Å². The third kappa shape index (κ3) is 6.32. The third-order valence-corrected chi connectivity index (χ3v) is 3.29. The number of nitrogens with one attached hydrogen (secondary N) is 1. The van der Waals surface area contributed by atoms with Gasteiger partial charge < -0.3 is 14.8 Å². The molecule has 0 fully saturated rings. The molecular formula is C19H18F3NO4. The summed E-state index contributed by atoms with van der Waals surface area (Å²) in [5.41, 5.74) is -0.413. The van der Waals surface area contributed by atoms with E-state index in [0.717, 1.165) is 24.3 Å². The molecule has 0 saturated carbocycles. The van der Waals surface area contributed by atoms with Crippen molar-refractivity contribution in [3.8, 4) is 5.75 Å². The molecule has 2 aromatic carbocycles. The number of amides is 1. The minimum absolute atomic E-state index is 0.00306. The molecule has 0 heterocycles. The second-order valence-corrected chi connectivity index (χ2v) is 5.89. The van der Waals surface area contributed by atoms with Crippen LogP contribution in [0.2, 0.25) is 0 Å². The minimum atomic E-state index is -4.45. The number of esters is 1. The van der Waals surface area contributed by atoms with Gasteiger partial charge in [0.1, 0.15) is 5.75 Å². The lowest BCUT2D eigenvalue weighted by Gasteiger charge is -2.10. The van der Waals surface area contributed by atoms with Crippen molar-refractivity contribution in [1.29, 1.82) is 0 Å². The van der Waals surface area contributed by atoms with Gasteiger partial charge in [-0.15, -0.1) is 0 Å². The number of rotatable bonds is 6. The molecule has 0 atom stereocenters. The number of alkyl halides is 3.